The highest BCUT2D eigenvalue weighted by Gasteiger charge is 2.27. The van der Waals surface area contributed by atoms with Gasteiger partial charge in [0, 0.05) is 5.88 Å². The lowest BCUT2D eigenvalue weighted by Crippen LogP contribution is -2.39. The number of carbonyl (C=O) groups is 1. The van der Waals surface area contributed by atoms with Crippen molar-refractivity contribution in [1.82, 2.24) is 5.32 Å². The Morgan fingerprint density at radius 2 is 1.65 bits per heavy atom. The summed E-state index contributed by atoms with van der Waals surface area (Å²) < 4.78 is 0. The molecule has 1 rings (SSSR count). The second kappa shape index (κ2) is 6.17. The van der Waals surface area contributed by atoms with Gasteiger partial charge in [-0.25, -0.2) is 0 Å². The van der Waals surface area contributed by atoms with E-state index in [4.69, 9.17) is 11.6 Å². The molecular formula is C17H26ClNO. The molecule has 1 aromatic carbocycles. The topological polar surface area (TPSA) is 29.1 Å². The molecule has 1 atom stereocenters. The molecule has 0 saturated heterocycles. The Morgan fingerprint density at radius 1 is 1.15 bits per heavy atom. The predicted octanol–water partition coefficient (Wildman–Crippen LogP) is 4.43. The minimum atomic E-state index is -0.541. The van der Waals surface area contributed by atoms with Crippen LogP contribution in [-0.2, 0) is 10.2 Å². The van der Waals surface area contributed by atoms with Crippen molar-refractivity contribution >= 4 is 17.5 Å². The zero-order valence-corrected chi connectivity index (χ0v) is 14.1. The molecule has 0 fully saturated rings. The largest absolute Gasteiger partial charge is 0.349 e. The third-order valence-electron chi connectivity index (χ3n) is 3.57. The molecule has 0 aliphatic carbocycles. The average Bonchev–Trinajstić information content (AvgIpc) is 2.37. The van der Waals surface area contributed by atoms with E-state index in [1.165, 1.54) is 5.56 Å². The summed E-state index contributed by atoms with van der Waals surface area (Å²) in [7, 11) is 0. The first kappa shape index (κ1) is 17.0. The van der Waals surface area contributed by atoms with Crippen LogP contribution in [0.4, 0.5) is 0 Å². The van der Waals surface area contributed by atoms with Crippen molar-refractivity contribution < 1.29 is 4.79 Å². The summed E-state index contributed by atoms with van der Waals surface area (Å²) in [5.74, 6) is 0.300. The lowest BCUT2D eigenvalue weighted by molar-refractivity contribution is -0.129. The first-order valence-corrected chi connectivity index (χ1v) is 7.59. The number of hydrogen-bond donors (Lipinski definition) is 1. The van der Waals surface area contributed by atoms with E-state index in [2.05, 4.69) is 50.4 Å². The predicted molar refractivity (Wildman–Crippen MR) is 86.2 cm³/mol. The lowest BCUT2D eigenvalue weighted by Gasteiger charge is -2.25. The van der Waals surface area contributed by atoms with Crippen LogP contribution >= 0.6 is 11.6 Å². The molecule has 1 unspecified atom stereocenters. The number of hydrogen-bond acceptors (Lipinski definition) is 1. The maximum Gasteiger partial charge on any atom is 0.227 e. The van der Waals surface area contributed by atoms with Gasteiger partial charge >= 0.3 is 0 Å². The molecule has 1 amide bonds. The van der Waals surface area contributed by atoms with Crippen LogP contribution in [0.5, 0.6) is 0 Å². The molecule has 0 radical (unpaired) electrons. The van der Waals surface area contributed by atoms with E-state index >= 15 is 0 Å². The van der Waals surface area contributed by atoms with Gasteiger partial charge in [-0.2, -0.15) is 0 Å². The molecule has 112 valence electrons. The van der Waals surface area contributed by atoms with Gasteiger partial charge in [-0.05, 0) is 37.3 Å². The highest BCUT2D eigenvalue weighted by atomic mass is 35.5. The zero-order chi connectivity index (χ0) is 15.6. The fourth-order valence-electron chi connectivity index (χ4n) is 1.81. The van der Waals surface area contributed by atoms with Gasteiger partial charge in [0.05, 0.1) is 11.5 Å². The summed E-state index contributed by atoms with van der Waals surface area (Å²) in [6.07, 6.45) is 0. The van der Waals surface area contributed by atoms with Gasteiger partial charge in [0.1, 0.15) is 0 Å². The highest BCUT2D eigenvalue weighted by molar-refractivity contribution is 6.19. The summed E-state index contributed by atoms with van der Waals surface area (Å²) in [6, 6.07) is 8.41. The Hall–Kier alpha value is -1.02. The Balaban J connectivity index is 2.79. The molecule has 1 N–H and O–H groups in total. The molecule has 0 heterocycles. The molecule has 3 heteroatoms. The van der Waals surface area contributed by atoms with Crippen LogP contribution in [0.15, 0.2) is 24.3 Å². The van der Waals surface area contributed by atoms with Gasteiger partial charge < -0.3 is 5.32 Å². The van der Waals surface area contributed by atoms with E-state index in [1.807, 2.05) is 20.8 Å². The molecule has 0 aromatic heterocycles. The Bertz CT molecular complexity index is 457. The average molecular weight is 296 g/mol. The van der Waals surface area contributed by atoms with E-state index in [0.29, 0.717) is 5.88 Å². The monoisotopic (exact) mass is 295 g/mol. The first-order valence-electron chi connectivity index (χ1n) is 7.05. The van der Waals surface area contributed by atoms with E-state index in [-0.39, 0.29) is 17.4 Å². The van der Waals surface area contributed by atoms with Gasteiger partial charge in [-0.1, -0.05) is 45.0 Å². The van der Waals surface area contributed by atoms with Crippen LogP contribution in [0.2, 0.25) is 0 Å². The number of benzene rings is 1. The van der Waals surface area contributed by atoms with Crippen LogP contribution in [0.25, 0.3) is 0 Å². The third kappa shape index (κ3) is 4.24. The minimum absolute atomic E-state index is 0.0140. The summed E-state index contributed by atoms with van der Waals surface area (Å²) in [6.45, 7) is 12.3. The van der Waals surface area contributed by atoms with Crippen LogP contribution in [0.3, 0.4) is 0 Å². The Morgan fingerprint density at radius 3 is 2.05 bits per heavy atom. The number of halogens is 1. The number of alkyl halides is 1. The van der Waals surface area contributed by atoms with E-state index in [0.717, 1.165) is 5.56 Å². The Kier molecular flexibility index (Phi) is 5.26. The fourth-order valence-corrected chi connectivity index (χ4v) is 1.93. The molecule has 20 heavy (non-hydrogen) atoms. The second-order valence-corrected chi connectivity index (χ2v) is 7.35. The molecule has 1 aromatic rings. The molecule has 2 nitrogen and oxygen atoms in total. The Labute approximate surface area is 127 Å². The van der Waals surface area contributed by atoms with Crippen molar-refractivity contribution in [3.8, 4) is 0 Å². The van der Waals surface area contributed by atoms with E-state index < -0.39 is 5.41 Å². The van der Waals surface area contributed by atoms with Crippen molar-refractivity contribution in [2.75, 3.05) is 5.88 Å². The summed E-state index contributed by atoms with van der Waals surface area (Å²) >= 11 is 5.83. The van der Waals surface area contributed by atoms with E-state index in [9.17, 15) is 4.79 Å². The van der Waals surface area contributed by atoms with Crippen LogP contribution in [0.1, 0.15) is 58.7 Å². The molecule has 0 aliphatic heterocycles. The van der Waals surface area contributed by atoms with Crippen LogP contribution in [0, 0.1) is 5.41 Å². The smallest absolute Gasteiger partial charge is 0.227 e. The van der Waals surface area contributed by atoms with Crippen molar-refractivity contribution in [3.63, 3.8) is 0 Å². The van der Waals surface area contributed by atoms with Crippen LogP contribution < -0.4 is 5.32 Å². The number of amides is 1. The van der Waals surface area contributed by atoms with Gasteiger partial charge in [-0.3, -0.25) is 4.79 Å². The van der Waals surface area contributed by atoms with Gasteiger partial charge in [0.15, 0.2) is 0 Å². The first-order chi connectivity index (χ1) is 9.08. The molecule has 0 spiro atoms. The van der Waals surface area contributed by atoms with Crippen molar-refractivity contribution in [2.45, 2.75) is 53.0 Å². The number of carbonyl (C=O) groups excluding carboxylic acids is 1. The lowest BCUT2D eigenvalue weighted by atomic mass is 9.86. The van der Waals surface area contributed by atoms with Gasteiger partial charge in [-0.15, -0.1) is 11.6 Å². The third-order valence-corrected chi connectivity index (χ3v) is 4.24. The summed E-state index contributed by atoms with van der Waals surface area (Å²) in [5.41, 5.74) is 2.00. The van der Waals surface area contributed by atoms with Crippen molar-refractivity contribution in [1.29, 1.82) is 0 Å². The fraction of sp³-hybridized carbons (Fsp3) is 0.588. The van der Waals surface area contributed by atoms with Gasteiger partial charge in [0.2, 0.25) is 5.91 Å². The minimum Gasteiger partial charge on any atom is -0.349 e. The normalized spacial score (nSPS) is 13.9. The quantitative estimate of drug-likeness (QED) is 0.818. The summed E-state index contributed by atoms with van der Waals surface area (Å²) in [5, 5.41) is 3.02. The maximum absolute atomic E-state index is 12.1. The number of rotatable bonds is 4. The molecule has 0 bridgehead atoms. The number of nitrogens with one attached hydrogen (secondary N) is 1. The van der Waals surface area contributed by atoms with E-state index in [1.54, 1.807) is 0 Å². The van der Waals surface area contributed by atoms with Crippen molar-refractivity contribution in [3.05, 3.63) is 35.4 Å². The molecule has 0 aliphatic rings. The van der Waals surface area contributed by atoms with Crippen LogP contribution in [-0.4, -0.2) is 11.8 Å². The highest BCUT2D eigenvalue weighted by Crippen LogP contribution is 2.25. The maximum atomic E-state index is 12.1. The summed E-state index contributed by atoms with van der Waals surface area (Å²) in [4.78, 5) is 12.1. The van der Waals surface area contributed by atoms with Crippen molar-refractivity contribution in [2.24, 2.45) is 5.41 Å². The second-order valence-electron chi connectivity index (χ2n) is 7.08. The molecule has 0 saturated carbocycles. The van der Waals surface area contributed by atoms with Gasteiger partial charge in [0.25, 0.3) is 0 Å². The SMILES string of the molecule is CC(NC(=O)C(C)(C)CCl)c1ccc(C(C)(C)C)cc1. The molecular weight excluding hydrogens is 270 g/mol. The standard InChI is InChI=1S/C17H26ClNO/c1-12(19-15(20)17(5,6)11-18)13-7-9-14(10-8-13)16(2,3)4/h7-10,12H,11H2,1-6H3,(H,19,20). The zero-order valence-electron chi connectivity index (χ0n) is 13.4.